The van der Waals surface area contributed by atoms with Crippen LogP contribution >= 0.6 is 11.8 Å². The average molecular weight is 367 g/mol. The molecule has 26 heavy (non-hydrogen) atoms. The van der Waals surface area contributed by atoms with Crippen LogP contribution in [0, 0.1) is 0 Å². The highest BCUT2D eigenvalue weighted by atomic mass is 32.2. The summed E-state index contributed by atoms with van der Waals surface area (Å²) in [4.78, 5) is 36.0. The summed E-state index contributed by atoms with van der Waals surface area (Å²) in [6, 6.07) is 13.7. The summed E-state index contributed by atoms with van der Waals surface area (Å²) < 4.78 is 4.56. The summed E-state index contributed by atoms with van der Waals surface area (Å²) in [6.07, 6.45) is 2.80. The quantitative estimate of drug-likeness (QED) is 0.623. The number of esters is 1. The second kappa shape index (κ2) is 8.01. The van der Waals surface area contributed by atoms with Crippen molar-refractivity contribution >= 4 is 45.8 Å². The van der Waals surface area contributed by atoms with Crippen LogP contribution in [0.5, 0.6) is 0 Å². The maximum Gasteiger partial charge on any atom is 0.306 e. The third-order valence-corrected chi connectivity index (χ3v) is 4.90. The molecule has 0 heterocycles. The van der Waals surface area contributed by atoms with E-state index in [1.54, 1.807) is 0 Å². The number of hydrogen-bond donors (Lipinski definition) is 1. The molecule has 0 aliphatic heterocycles. The molecule has 0 spiro atoms. The number of carbonyl (C=O) groups excluding carboxylic acids is 3. The number of methoxy groups -OCH3 is 1. The smallest absolute Gasteiger partial charge is 0.306 e. The molecule has 132 valence electrons. The fourth-order valence-corrected chi connectivity index (χ4v) is 3.40. The molecule has 5 nitrogen and oxygen atoms in total. The van der Waals surface area contributed by atoms with E-state index in [1.807, 2.05) is 42.5 Å². The van der Waals surface area contributed by atoms with Crippen molar-refractivity contribution < 1.29 is 19.1 Å². The van der Waals surface area contributed by atoms with Crippen molar-refractivity contribution in [1.82, 2.24) is 0 Å². The summed E-state index contributed by atoms with van der Waals surface area (Å²) in [7, 11) is 1.31. The van der Waals surface area contributed by atoms with E-state index >= 15 is 0 Å². The highest BCUT2D eigenvalue weighted by Crippen LogP contribution is 2.25. The summed E-state index contributed by atoms with van der Waals surface area (Å²) >= 11 is 1.18. The number of rotatable bonds is 6. The van der Waals surface area contributed by atoms with Crippen molar-refractivity contribution in [3.8, 4) is 0 Å². The standard InChI is InChI=1S/C20H17NO4S/c1-25-20(24)8-9-26-19-12-17(22)16(11-18(19)23)21-15-7-6-13-4-2-3-5-14(13)10-15/h2-7,10-12,21H,8-9H2,1H3. The van der Waals surface area contributed by atoms with Gasteiger partial charge in [0.05, 0.1) is 24.1 Å². The summed E-state index contributed by atoms with van der Waals surface area (Å²) in [5.74, 6) is -0.471. The Balaban J connectivity index is 1.68. The summed E-state index contributed by atoms with van der Waals surface area (Å²) in [5, 5.41) is 5.16. The van der Waals surface area contributed by atoms with E-state index in [1.165, 1.54) is 31.0 Å². The number of carbonyl (C=O) groups is 3. The average Bonchev–Trinajstić information content (AvgIpc) is 2.65. The van der Waals surface area contributed by atoms with Gasteiger partial charge in [-0.2, -0.15) is 0 Å². The van der Waals surface area contributed by atoms with E-state index in [0.717, 1.165) is 16.5 Å². The fourth-order valence-electron chi connectivity index (χ4n) is 2.52. The first kappa shape index (κ1) is 17.9. The van der Waals surface area contributed by atoms with Gasteiger partial charge in [0.25, 0.3) is 0 Å². The minimum Gasteiger partial charge on any atom is -0.469 e. The van der Waals surface area contributed by atoms with Crippen molar-refractivity contribution in [3.63, 3.8) is 0 Å². The van der Waals surface area contributed by atoms with E-state index in [4.69, 9.17) is 0 Å². The lowest BCUT2D eigenvalue weighted by molar-refractivity contribution is -0.140. The van der Waals surface area contributed by atoms with Crippen molar-refractivity contribution in [1.29, 1.82) is 0 Å². The van der Waals surface area contributed by atoms with Crippen LogP contribution < -0.4 is 5.32 Å². The van der Waals surface area contributed by atoms with E-state index in [9.17, 15) is 14.4 Å². The molecule has 0 amide bonds. The predicted octanol–water partition coefficient (Wildman–Crippen LogP) is 3.47. The van der Waals surface area contributed by atoms with Crippen LogP contribution in [-0.2, 0) is 19.1 Å². The Labute approximate surface area is 155 Å². The second-order valence-corrected chi connectivity index (χ2v) is 6.79. The molecule has 1 aliphatic rings. The summed E-state index contributed by atoms with van der Waals surface area (Å²) in [5.41, 5.74) is 0.980. The first-order valence-corrected chi connectivity index (χ1v) is 9.03. The van der Waals surface area contributed by atoms with Gasteiger partial charge in [-0.05, 0) is 22.9 Å². The molecule has 0 atom stereocenters. The summed E-state index contributed by atoms with van der Waals surface area (Å²) in [6.45, 7) is 0. The fraction of sp³-hybridized carbons (Fsp3) is 0.150. The molecular formula is C20H17NO4S. The molecule has 1 aliphatic carbocycles. The Kier molecular flexibility index (Phi) is 5.53. The van der Waals surface area contributed by atoms with Gasteiger partial charge < -0.3 is 10.1 Å². The van der Waals surface area contributed by atoms with E-state index in [0.29, 0.717) is 10.7 Å². The molecule has 0 unspecified atom stereocenters. The lowest BCUT2D eigenvalue weighted by Crippen LogP contribution is -2.17. The molecule has 3 rings (SSSR count). The maximum absolute atomic E-state index is 12.3. The van der Waals surface area contributed by atoms with Crippen LogP contribution in [0.1, 0.15) is 6.42 Å². The molecule has 0 fully saturated rings. The molecule has 0 saturated carbocycles. The largest absolute Gasteiger partial charge is 0.469 e. The predicted molar refractivity (Wildman–Crippen MR) is 103 cm³/mol. The lowest BCUT2D eigenvalue weighted by Gasteiger charge is -2.14. The number of thioether (sulfide) groups is 1. The lowest BCUT2D eigenvalue weighted by atomic mass is 10.1. The molecule has 0 bridgehead atoms. The highest BCUT2D eigenvalue weighted by Gasteiger charge is 2.21. The van der Waals surface area contributed by atoms with Gasteiger partial charge in [0, 0.05) is 23.6 Å². The zero-order valence-electron chi connectivity index (χ0n) is 14.2. The third kappa shape index (κ3) is 4.21. The van der Waals surface area contributed by atoms with Crippen LogP contribution in [0.2, 0.25) is 0 Å². The van der Waals surface area contributed by atoms with Crippen molar-refractivity contribution in [2.45, 2.75) is 6.42 Å². The van der Waals surface area contributed by atoms with Crippen LogP contribution in [0.4, 0.5) is 5.69 Å². The maximum atomic E-state index is 12.3. The first-order chi connectivity index (χ1) is 12.6. The van der Waals surface area contributed by atoms with Gasteiger partial charge in [0.15, 0.2) is 5.78 Å². The molecule has 6 heteroatoms. The van der Waals surface area contributed by atoms with Crippen LogP contribution in [-0.4, -0.2) is 30.4 Å². The zero-order valence-corrected chi connectivity index (χ0v) is 15.0. The molecule has 0 saturated heterocycles. The number of ketones is 2. The molecule has 1 N–H and O–H groups in total. The number of nitrogens with one attached hydrogen (secondary N) is 1. The second-order valence-electron chi connectivity index (χ2n) is 5.66. The minimum atomic E-state index is -0.345. The molecular weight excluding hydrogens is 350 g/mol. The first-order valence-electron chi connectivity index (χ1n) is 8.04. The monoisotopic (exact) mass is 367 g/mol. The van der Waals surface area contributed by atoms with Gasteiger partial charge in [-0.3, -0.25) is 14.4 Å². The van der Waals surface area contributed by atoms with Crippen molar-refractivity contribution in [2.75, 3.05) is 18.2 Å². The third-order valence-electron chi connectivity index (χ3n) is 3.87. The Bertz CT molecular complexity index is 946. The minimum absolute atomic E-state index is 0.186. The van der Waals surface area contributed by atoms with Crippen LogP contribution in [0.25, 0.3) is 10.8 Å². The Hall–Kier alpha value is -2.86. The van der Waals surface area contributed by atoms with Gasteiger partial charge in [0.2, 0.25) is 5.78 Å². The number of ether oxygens (including phenoxy) is 1. The van der Waals surface area contributed by atoms with Gasteiger partial charge in [-0.25, -0.2) is 0 Å². The van der Waals surface area contributed by atoms with Gasteiger partial charge in [0.1, 0.15) is 0 Å². The zero-order chi connectivity index (χ0) is 18.5. The Morgan fingerprint density at radius 2 is 1.81 bits per heavy atom. The Morgan fingerprint density at radius 1 is 1.04 bits per heavy atom. The van der Waals surface area contributed by atoms with E-state index in [-0.39, 0.29) is 29.7 Å². The number of allylic oxidation sites excluding steroid dienone is 3. The topological polar surface area (TPSA) is 72.5 Å². The van der Waals surface area contributed by atoms with E-state index < -0.39 is 0 Å². The highest BCUT2D eigenvalue weighted by molar-refractivity contribution is 8.04. The van der Waals surface area contributed by atoms with Crippen LogP contribution in [0.15, 0.2) is 65.2 Å². The van der Waals surface area contributed by atoms with Gasteiger partial charge in [-0.1, -0.05) is 30.3 Å². The molecule has 0 aromatic heterocycles. The van der Waals surface area contributed by atoms with E-state index in [2.05, 4.69) is 10.1 Å². The molecule has 2 aromatic carbocycles. The van der Waals surface area contributed by atoms with Crippen LogP contribution in [0.3, 0.4) is 0 Å². The van der Waals surface area contributed by atoms with Gasteiger partial charge in [-0.15, -0.1) is 11.8 Å². The molecule has 2 aromatic rings. The normalized spacial score (nSPS) is 14.0. The number of anilines is 1. The molecule has 0 radical (unpaired) electrons. The number of fused-ring (bicyclic) bond motifs is 1. The van der Waals surface area contributed by atoms with Crippen molar-refractivity contribution in [3.05, 3.63) is 65.2 Å². The van der Waals surface area contributed by atoms with Gasteiger partial charge >= 0.3 is 5.97 Å². The van der Waals surface area contributed by atoms with Crippen molar-refractivity contribution in [2.24, 2.45) is 0 Å². The Morgan fingerprint density at radius 3 is 2.58 bits per heavy atom. The number of benzene rings is 2. The SMILES string of the molecule is COC(=O)CCSC1=CC(=O)C(Nc2ccc3ccccc3c2)=CC1=O. The number of hydrogen-bond acceptors (Lipinski definition) is 6.